The highest BCUT2D eigenvalue weighted by Crippen LogP contribution is 2.29. The number of anilines is 2. The Morgan fingerprint density at radius 1 is 1.08 bits per heavy atom. The highest BCUT2D eigenvalue weighted by atomic mass is 35.5. The molecule has 1 amide bonds. The number of rotatable bonds is 5. The summed E-state index contributed by atoms with van der Waals surface area (Å²) in [5.41, 5.74) is 1.33. The zero-order valence-electron chi connectivity index (χ0n) is 12.9. The van der Waals surface area contributed by atoms with Crippen molar-refractivity contribution in [3.63, 3.8) is 0 Å². The molecule has 0 saturated heterocycles. The molecule has 0 aromatic heterocycles. The van der Waals surface area contributed by atoms with Crippen molar-refractivity contribution in [3.8, 4) is 0 Å². The first kappa shape index (κ1) is 18.1. The second kappa shape index (κ2) is 7.57. The molecule has 0 spiro atoms. The molecule has 2 rings (SSSR count). The van der Waals surface area contributed by atoms with Crippen LogP contribution in [0.15, 0.2) is 42.5 Å². The van der Waals surface area contributed by atoms with Gasteiger partial charge >= 0.3 is 6.18 Å². The molecular formula is C17H16ClF3N2O. The minimum atomic E-state index is -4.39. The molecule has 0 radical (unpaired) electrons. The lowest BCUT2D eigenvalue weighted by Crippen LogP contribution is -2.16. The summed E-state index contributed by atoms with van der Waals surface area (Å²) in [5, 5.41) is 6.25. The molecule has 2 N–H and O–H groups in total. The Labute approximate surface area is 142 Å². The molecule has 0 bridgehead atoms. The second-order valence-electron chi connectivity index (χ2n) is 5.26. The molecule has 7 heteroatoms. The van der Waals surface area contributed by atoms with Gasteiger partial charge in [0.25, 0.3) is 0 Å². The van der Waals surface area contributed by atoms with E-state index in [4.69, 9.17) is 11.6 Å². The number of carbonyl (C=O) groups is 1. The van der Waals surface area contributed by atoms with Gasteiger partial charge in [0.2, 0.25) is 5.91 Å². The van der Waals surface area contributed by atoms with Gasteiger partial charge in [-0.05, 0) is 48.9 Å². The Bertz CT molecular complexity index is 715. The van der Waals surface area contributed by atoms with Crippen molar-refractivity contribution in [2.75, 3.05) is 17.2 Å². The van der Waals surface area contributed by atoms with Gasteiger partial charge in [-0.3, -0.25) is 4.79 Å². The fraction of sp³-hybridized carbons (Fsp3) is 0.235. The van der Waals surface area contributed by atoms with Gasteiger partial charge in [0, 0.05) is 29.4 Å². The first-order valence-corrected chi connectivity index (χ1v) is 7.60. The quantitative estimate of drug-likeness (QED) is 0.781. The molecule has 0 atom stereocenters. The highest BCUT2D eigenvalue weighted by molar-refractivity contribution is 6.31. The van der Waals surface area contributed by atoms with Gasteiger partial charge < -0.3 is 10.6 Å². The number of benzene rings is 2. The number of halogens is 4. The third kappa shape index (κ3) is 5.16. The molecule has 2 aromatic rings. The summed E-state index contributed by atoms with van der Waals surface area (Å²) < 4.78 is 37.4. The fourth-order valence-corrected chi connectivity index (χ4v) is 2.17. The predicted octanol–water partition coefficient (Wildman–Crippen LogP) is 5.11. The van der Waals surface area contributed by atoms with Crippen LogP contribution >= 0.6 is 11.6 Å². The summed E-state index contributed by atoms with van der Waals surface area (Å²) in [6.45, 7) is 2.27. The molecule has 3 nitrogen and oxygen atoms in total. The van der Waals surface area contributed by atoms with E-state index in [0.29, 0.717) is 17.3 Å². The Morgan fingerprint density at radius 3 is 2.29 bits per heavy atom. The van der Waals surface area contributed by atoms with Crippen LogP contribution < -0.4 is 10.6 Å². The minimum Gasteiger partial charge on any atom is -0.384 e. The smallest absolute Gasteiger partial charge is 0.384 e. The summed E-state index contributed by atoms with van der Waals surface area (Å²) in [6, 6.07) is 9.82. The van der Waals surface area contributed by atoms with Crippen LogP contribution in [0.2, 0.25) is 5.02 Å². The maximum atomic E-state index is 12.5. The summed E-state index contributed by atoms with van der Waals surface area (Å²) in [6.07, 6.45) is -4.21. The van der Waals surface area contributed by atoms with Crippen LogP contribution in [-0.4, -0.2) is 12.5 Å². The van der Waals surface area contributed by atoms with E-state index in [1.54, 1.807) is 6.07 Å². The van der Waals surface area contributed by atoms with E-state index in [-0.39, 0.29) is 12.3 Å². The molecule has 0 aliphatic heterocycles. The van der Waals surface area contributed by atoms with E-state index in [1.165, 1.54) is 12.1 Å². The summed E-state index contributed by atoms with van der Waals surface area (Å²) >= 11 is 6.01. The van der Waals surface area contributed by atoms with E-state index in [1.807, 2.05) is 19.1 Å². The number of hydrogen-bond donors (Lipinski definition) is 2. The zero-order chi connectivity index (χ0) is 17.7. The van der Waals surface area contributed by atoms with Crippen LogP contribution in [0.1, 0.15) is 17.5 Å². The molecule has 0 saturated carbocycles. The Morgan fingerprint density at radius 2 is 1.71 bits per heavy atom. The minimum absolute atomic E-state index is 0.173. The molecule has 24 heavy (non-hydrogen) atoms. The van der Waals surface area contributed by atoms with Crippen LogP contribution in [0.5, 0.6) is 0 Å². The lowest BCUT2D eigenvalue weighted by Gasteiger charge is -2.10. The molecule has 128 valence electrons. The molecular weight excluding hydrogens is 341 g/mol. The average Bonchev–Trinajstić information content (AvgIpc) is 2.50. The van der Waals surface area contributed by atoms with E-state index < -0.39 is 11.7 Å². The number of alkyl halides is 3. The lowest BCUT2D eigenvalue weighted by molar-refractivity contribution is -0.137. The van der Waals surface area contributed by atoms with E-state index in [2.05, 4.69) is 10.6 Å². The Balaban J connectivity index is 1.81. The molecule has 0 heterocycles. The van der Waals surface area contributed by atoms with Crippen LogP contribution in [0.25, 0.3) is 0 Å². The fourth-order valence-electron chi connectivity index (χ4n) is 1.99. The van der Waals surface area contributed by atoms with Crippen molar-refractivity contribution < 1.29 is 18.0 Å². The van der Waals surface area contributed by atoms with Crippen LogP contribution in [0.3, 0.4) is 0 Å². The van der Waals surface area contributed by atoms with Crippen molar-refractivity contribution in [1.82, 2.24) is 0 Å². The van der Waals surface area contributed by atoms with Gasteiger partial charge in [-0.2, -0.15) is 13.2 Å². The van der Waals surface area contributed by atoms with Crippen LogP contribution in [0, 0.1) is 6.92 Å². The number of amides is 1. The van der Waals surface area contributed by atoms with Crippen LogP contribution in [0.4, 0.5) is 24.5 Å². The number of carbonyl (C=O) groups excluding carboxylic acids is 1. The van der Waals surface area contributed by atoms with Crippen molar-refractivity contribution in [2.45, 2.75) is 19.5 Å². The number of aryl methyl sites for hydroxylation is 1. The third-order valence-corrected chi connectivity index (χ3v) is 3.76. The van der Waals surface area contributed by atoms with Crippen LogP contribution in [-0.2, 0) is 11.0 Å². The van der Waals surface area contributed by atoms with E-state index in [0.717, 1.165) is 23.4 Å². The molecule has 2 aromatic carbocycles. The standard InChI is InChI=1S/C17H16ClF3N2O/c1-11-2-5-14(10-15(11)18)22-9-8-16(24)23-13-6-3-12(4-7-13)17(19,20)21/h2-7,10,22H,8-9H2,1H3,(H,23,24). The van der Waals surface area contributed by atoms with Crippen molar-refractivity contribution in [3.05, 3.63) is 58.6 Å². The molecule has 0 aliphatic rings. The van der Waals surface area contributed by atoms with Gasteiger partial charge in [-0.15, -0.1) is 0 Å². The van der Waals surface area contributed by atoms with Gasteiger partial charge in [-0.1, -0.05) is 17.7 Å². The first-order chi connectivity index (χ1) is 11.3. The van der Waals surface area contributed by atoms with E-state index in [9.17, 15) is 18.0 Å². The molecule has 0 aliphatic carbocycles. The predicted molar refractivity (Wildman–Crippen MR) is 89.4 cm³/mol. The Kier molecular flexibility index (Phi) is 5.72. The first-order valence-electron chi connectivity index (χ1n) is 7.23. The highest BCUT2D eigenvalue weighted by Gasteiger charge is 2.29. The summed E-state index contributed by atoms with van der Waals surface area (Å²) in [7, 11) is 0. The summed E-state index contributed by atoms with van der Waals surface area (Å²) in [5.74, 6) is -0.291. The maximum Gasteiger partial charge on any atom is 0.416 e. The average molecular weight is 357 g/mol. The maximum absolute atomic E-state index is 12.5. The van der Waals surface area contributed by atoms with Crippen molar-refractivity contribution in [2.24, 2.45) is 0 Å². The van der Waals surface area contributed by atoms with Gasteiger partial charge in [0.15, 0.2) is 0 Å². The monoisotopic (exact) mass is 356 g/mol. The van der Waals surface area contributed by atoms with E-state index >= 15 is 0 Å². The Hall–Kier alpha value is -2.21. The normalized spacial score (nSPS) is 11.2. The van der Waals surface area contributed by atoms with Crippen molar-refractivity contribution in [1.29, 1.82) is 0 Å². The van der Waals surface area contributed by atoms with Gasteiger partial charge in [0.05, 0.1) is 5.56 Å². The zero-order valence-corrected chi connectivity index (χ0v) is 13.6. The second-order valence-corrected chi connectivity index (χ2v) is 5.67. The lowest BCUT2D eigenvalue weighted by atomic mass is 10.2. The van der Waals surface area contributed by atoms with Gasteiger partial charge in [0.1, 0.15) is 0 Å². The van der Waals surface area contributed by atoms with Crippen molar-refractivity contribution >= 4 is 28.9 Å². The number of hydrogen-bond acceptors (Lipinski definition) is 2. The van der Waals surface area contributed by atoms with Gasteiger partial charge in [-0.25, -0.2) is 0 Å². The third-order valence-electron chi connectivity index (χ3n) is 3.35. The SMILES string of the molecule is Cc1ccc(NCCC(=O)Nc2ccc(C(F)(F)F)cc2)cc1Cl. The number of nitrogens with one attached hydrogen (secondary N) is 2. The topological polar surface area (TPSA) is 41.1 Å². The largest absolute Gasteiger partial charge is 0.416 e. The molecule has 0 fully saturated rings. The summed E-state index contributed by atoms with van der Waals surface area (Å²) in [4.78, 5) is 11.8. The molecule has 0 unspecified atom stereocenters.